The summed E-state index contributed by atoms with van der Waals surface area (Å²) in [6.07, 6.45) is 1.39. The lowest BCUT2D eigenvalue weighted by molar-refractivity contribution is 0.0697. The lowest BCUT2D eigenvalue weighted by atomic mass is 10.0. The maximum Gasteiger partial charge on any atom is 0.339 e. The maximum absolute atomic E-state index is 11.5. The van der Waals surface area contributed by atoms with Gasteiger partial charge in [-0.3, -0.25) is 0 Å². The third-order valence-corrected chi connectivity index (χ3v) is 4.55. The molecule has 0 saturated carbocycles. The highest BCUT2D eigenvalue weighted by atomic mass is 16.5. The summed E-state index contributed by atoms with van der Waals surface area (Å²) in [7, 11) is 0. The molecule has 2 saturated heterocycles. The highest BCUT2D eigenvalue weighted by Gasteiger charge is 2.20. The molecule has 0 amide bonds. The number of ether oxygens (including phenoxy) is 2. The van der Waals surface area contributed by atoms with Gasteiger partial charge in [-0.15, -0.1) is 0 Å². The molecule has 0 radical (unpaired) electrons. The summed E-state index contributed by atoms with van der Waals surface area (Å²) < 4.78 is 10.3. The van der Waals surface area contributed by atoms with Gasteiger partial charge in [-0.2, -0.15) is 0 Å². The predicted octanol–water partition coefficient (Wildman–Crippen LogP) is 1.59. The fraction of sp³-hybridized carbons (Fsp3) is 0.450. The van der Waals surface area contributed by atoms with Gasteiger partial charge in [0.15, 0.2) is 0 Å². The molecule has 0 aliphatic carbocycles. The zero-order valence-electron chi connectivity index (χ0n) is 16.1. The molecule has 0 bridgehead atoms. The van der Waals surface area contributed by atoms with Crippen LogP contribution in [0.3, 0.4) is 0 Å². The molecule has 2 aliphatic rings. The Kier molecular flexibility index (Phi) is 7.30. The number of nitrogens with one attached hydrogen (secondary N) is 1. The molecular weight excluding hydrogens is 360 g/mol. The number of aromatic carboxylic acids is 1. The second-order valence-electron chi connectivity index (χ2n) is 6.51. The molecule has 4 rings (SSSR count). The van der Waals surface area contributed by atoms with Crippen molar-refractivity contribution in [1.82, 2.24) is 15.3 Å². The van der Waals surface area contributed by atoms with Crippen LogP contribution in [0.4, 0.5) is 5.95 Å². The van der Waals surface area contributed by atoms with E-state index < -0.39 is 5.97 Å². The number of nitrogens with zero attached hydrogens (tertiary/aromatic N) is 3. The Morgan fingerprint density at radius 2 is 1.79 bits per heavy atom. The maximum atomic E-state index is 11.5. The fourth-order valence-electron chi connectivity index (χ4n) is 3.00. The van der Waals surface area contributed by atoms with Gasteiger partial charge < -0.3 is 24.8 Å². The van der Waals surface area contributed by atoms with E-state index >= 15 is 0 Å². The van der Waals surface area contributed by atoms with Crippen molar-refractivity contribution >= 4 is 11.9 Å². The average Bonchev–Trinajstić information content (AvgIpc) is 2.76. The van der Waals surface area contributed by atoms with Crippen LogP contribution in [-0.2, 0) is 9.47 Å². The Bertz CT molecular complexity index is 778. The van der Waals surface area contributed by atoms with Crippen molar-refractivity contribution in [2.75, 3.05) is 57.5 Å². The summed E-state index contributed by atoms with van der Waals surface area (Å²) in [4.78, 5) is 22.2. The van der Waals surface area contributed by atoms with Crippen LogP contribution in [0.2, 0.25) is 0 Å². The van der Waals surface area contributed by atoms with E-state index in [0.29, 0.717) is 37.9 Å². The van der Waals surface area contributed by atoms with Gasteiger partial charge in [-0.25, -0.2) is 14.8 Å². The number of aryl methyl sites for hydroxylation is 1. The van der Waals surface area contributed by atoms with Gasteiger partial charge in [-0.05, 0) is 12.5 Å². The van der Waals surface area contributed by atoms with Gasteiger partial charge in [-0.1, -0.05) is 24.3 Å². The number of hydrogen-bond acceptors (Lipinski definition) is 7. The first kappa shape index (κ1) is 20.2. The second-order valence-corrected chi connectivity index (χ2v) is 6.51. The molecule has 28 heavy (non-hydrogen) atoms. The van der Waals surface area contributed by atoms with Gasteiger partial charge in [0.05, 0.1) is 32.1 Å². The first-order chi connectivity index (χ1) is 13.7. The SMILES string of the molecule is C1COCCN1.Cc1ccccc1-c1nc(N2CCOCC2)ncc1C(=O)O. The van der Waals surface area contributed by atoms with Crippen molar-refractivity contribution < 1.29 is 19.4 Å². The number of anilines is 1. The Morgan fingerprint density at radius 3 is 2.36 bits per heavy atom. The van der Waals surface area contributed by atoms with Gasteiger partial charge in [0, 0.05) is 37.9 Å². The number of morpholine rings is 2. The molecule has 2 fully saturated rings. The summed E-state index contributed by atoms with van der Waals surface area (Å²) in [5, 5.41) is 12.6. The molecule has 2 N–H and O–H groups in total. The summed E-state index contributed by atoms with van der Waals surface area (Å²) in [5.41, 5.74) is 2.38. The minimum Gasteiger partial charge on any atom is -0.478 e. The van der Waals surface area contributed by atoms with Gasteiger partial charge >= 0.3 is 5.97 Å². The fourth-order valence-corrected chi connectivity index (χ4v) is 3.00. The number of aromatic nitrogens is 2. The summed E-state index contributed by atoms with van der Waals surface area (Å²) in [6.45, 7) is 8.45. The van der Waals surface area contributed by atoms with Crippen molar-refractivity contribution in [1.29, 1.82) is 0 Å². The number of benzene rings is 1. The number of carbonyl (C=O) groups is 1. The van der Waals surface area contributed by atoms with Gasteiger partial charge in [0.25, 0.3) is 0 Å². The summed E-state index contributed by atoms with van der Waals surface area (Å²) in [6, 6.07) is 7.62. The van der Waals surface area contributed by atoms with Crippen LogP contribution < -0.4 is 10.2 Å². The average molecular weight is 386 g/mol. The van der Waals surface area contributed by atoms with Crippen LogP contribution in [0.1, 0.15) is 15.9 Å². The number of rotatable bonds is 3. The third kappa shape index (κ3) is 5.25. The highest BCUT2D eigenvalue weighted by Crippen LogP contribution is 2.26. The molecule has 150 valence electrons. The molecule has 1 aromatic heterocycles. The number of carboxylic acids is 1. The van der Waals surface area contributed by atoms with E-state index in [4.69, 9.17) is 9.47 Å². The first-order valence-corrected chi connectivity index (χ1v) is 9.44. The van der Waals surface area contributed by atoms with Crippen LogP contribution in [0.5, 0.6) is 0 Å². The second kappa shape index (κ2) is 10.1. The first-order valence-electron chi connectivity index (χ1n) is 9.44. The van der Waals surface area contributed by atoms with Crippen LogP contribution in [0.15, 0.2) is 30.5 Å². The summed E-state index contributed by atoms with van der Waals surface area (Å²) in [5.74, 6) is -0.474. The molecule has 0 spiro atoms. The monoisotopic (exact) mass is 386 g/mol. The Morgan fingerprint density at radius 1 is 1.11 bits per heavy atom. The zero-order chi connectivity index (χ0) is 19.8. The quantitative estimate of drug-likeness (QED) is 0.821. The van der Waals surface area contributed by atoms with E-state index in [2.05, 4.69) is 15.3 Å². The molecular formula is C20H26N4O4. The van der Waals surface area contributed by atoms with E-state index in [1.54, 1.807) is 0 Å². The topological polar surface area (TPSA) is 96.8 Å². The van der Waals surface area contributed by atoms with Crippen molar-refractivity contribution in [3.63, 3.8) is 0 Å². The highest BCUT2D eigenvalue weighted by molar-refractivity contribution is 5.95. The lowest BCUT2D eigenvalue weighted by Gasteiger charge is -2.27. The van der Waals surface area contributed by atoms with Gasteiger partial charge in [0.2, 0.25) is 5.95 Å². The molecule has 3 heterocycles. The number of carboxylic acid groups (broad SMARTS) is 1. The number of hydrogen-bond donors (Lipinski definition) is 2. The van der Waals surface area contributed by atoms with E-state index in [1.165, 1.54) is 6.20 Å². The lowest BCUT2D eigenvalue weighted by Crippen LogP contribution is -2.37. The molecule has 1 aromatic carbocycles. The van der Waals surface area contributed by atoms with Crippen molar-refractivity contribution in [3.05, 3.63) is 41.6 Å². The zero-order valence-corrected chi connectivity index (χ0v) is 16.1. The minimum absolute atomic E-state index is 0.117. The Hall–Kier alpha value is -2.55. The molecule has 0 unspecified atom stereocenters. The van der Waals surface area contributed by atoms with Crippen LogP contribution in [0.25, 0.3) is 11.3 Å². The van der Waals surface area contributed by atoms with E-state index in [0.717, 1.165) is 37.4 Å². The predicted molar refractivity (Wildman–Crippen MR) is 106 cm³/mol. The Balaban J connectivity index is 0.000000320. The van der Waals surface area contributed by atoms with Crippen molar-refractivity contribution in [2.24, 2.45) is 0 Å². The minimum atomic E-state index is -1.02. The van der Waals surface area contributed by atoms with Crippen molar-refractivity contribution in [2.45, 2.75) is 6.92 Å². The van der Waals surface area contributed by atoms with E-state index in [1.807, 2.05) is 36.1 Å². The van der Waals surface area contributed by atoms with Crippen LogP contribution in [-0.4, -0.2) is 73.7 Å². The summed E-state index contributed by atoms with van der Waals surface area (Å²) >= 11 is 0. The smallest absolute Gasteiger partial charge is 0.339 e. The molecule has 8 nitrogen and oxygen atoms in total. The van der Waals surface area contributed by atoms with Gasteiger partial charge in [0.1, 0.15) is 5.56 Å². The normalized spacial score (nSPS) is 16.8. The molecule has 2 aliphatic heterocycles. The largest absolute Gasteiger partial charge is 0.478 e. The van der Waals surface area contributed by atoms with E-state index in [9.17, 15) is 9.90 Å². The van der Waals surface area contributed by atoms with Crippen molar-refractivity contribution in [3.8, 4) is 11.3 Å². The molecule has 2 aromatic rings. The van der Waals surface area contributed by atoms with Crippen LogP contribution >= 0.6 is 0 Å². The van der Waals surface area contributed by atoms with Crippen LogP contribution in [0, 0.1) is 6.92 Å². The van der Waals surface area contributed by atoms with E-state index in [-0.39, 0.29) is 5.56 Å². The standard InChI is InChI=1S/C16H17N3O3.C4H9NO/c1-11-4-2-3-5-12(11)14-13(15(20)21)10-17-16(18-14)19-6-8-22-9-7-19;1-3-6-4-2-5-1/h2-5,10H,6-9H2,1H3,(H,20,21);5H,1-4H2. The Labute approximate surface area is 164 Å². The third-order valence-electron chi connectivity index (χ3n) is 4.55. The molecule has 8 heteroatoms. The molecule has 0 atom stereocenters.